The molecule has 6 rings (SSSR count). The number of nitrogens with zero attached hydrogens (tertiary/aromatic N) is 3. The molecule has 0 bridgehead atoms. The minimum Gasteiger partial charge on any atom is -0.443 e. The summed E-state index contributed by atoms with van der Waals surface area (Å²) in [5, 5.41) is 0. The number of aryl methyl sites for hydroxylation is 1. The Labute approximate surface area is 186 Å². The minimum absolute atomic E-state index is 0.0130. The molecule has 164 valence electrons. The van der Waals surface area contributed by atoms with Crippen LogP contribution in [0.15, 0.2) is 48.5 Å². The van der Waals surface area contributed by atoms with Crippen molar-refractivity contribution in [2.24, 2.45) is 0 Å². The van der Waals surface area contributed by atoms with Crippen molar-refractivity contribution in [1.29, 1.82) is 0 Å². The van der Waals surface area contributed by atoms with E-state index in [0.717, 1.165) is 36.1 Å². The lowest BCUT2D eigenvalue weighted by Crippen LogP contribution is -2.47. The Hall–Kier alpha value is -3.35. The van der Waals surface area contributed by atoms with Crippen molar-refractivity contribution in [2.45, 2.75) is 50.3 Å². The third-order valence-corrected chi connectivity index (χ3v) is 7.13. The number of para-hydroxylation sites is 2. The number of likely N-dealkylation sites (tertiary alicyclic amines) is 1. The SMILES string of the molecule is O=C(CCc1nc2ccccc2[nH]1)N1CCC(N2C(=O)OC3Cc4ccccc4C32)CC1. The Morgan fingerprint density at radius 3 is 2.72 bits per heavy atom. The van der Waals surface area contributed by atoms with Crippen molar-refractivity contribution < 1.29 is 14.3 Å². The van der Waals surface area contributed by atoms with Gasteiger partial charge in [0.1, 0.15) is 11.9 Å². The van der Waals surface area contributed by atoms with Crippen molar-refractivity contribution in [3.63, 3.8) is 0 Å². The molecule has 3 aromatic rings. The summed E-state index contributed by atoms with van der Waals surface area (Å²) >= 11 is 0. The van der Waals surface area contributed by atoms with E-state index in [1.165, 1.54) is 11.1 Å². The van der Waals surface area contributed by atoms with E-state index in [9.17, 15) is 9.59 Å². The third-order valence-electron chi connectivity index (χ3n) is 7.13. The molecule has 1 aromatic heterocycles. The van der Waals surface area contributed by atoms with Crippen LogP contribution in [-0.4, -0.2) is 57.0 Å². The number of aromatic amines is 1. The lowest BCUT2D eigenvalue weighted by atomic mass is 9.99. The van der Waals surface area contributed by atoms with Crippen LogP contribution in [0.3, 0.4) is 0 Å². The van der Waals surface area contributed by atoms with E-state index in [2.05, 4.69) is 22.1 Å². The molecule has 2 aliphatic heterocycles. The molecule has 3 aliphatic rings. The van der Waals surface area contributed by atoms with E-state index >= 15 is 0 Å². The molecule has 1 N–H and O–H groups in total. The zero-order chi connectivity index (χ0) is 21.7. The molecule has 2 aromatic carbocycles. The molecule has 32 heavy (non-hydrogen) atoms. The number of imidazole rings is 1. The molecular weight excluding hydrogens is 404 g/mol. The van der Waals surface area contributed by atoms with Crippen molar-refractivity contribution in [3.8, 4) is 0 Å². The number of fused-ring (bicyclic) bond motifs is 4. The third kappa shape index (κ3) is 3.23. The Bertz CT molecular complexity index is 1150. The molecule has 7 nitrogen and oxygen atoms in total. The molecular formula is C25H26N4O3. The maximum Gasteiger partial charge on any atom is 0.411 e. The summed E-state index contributed by atoms with van der Waals surface area (Å²) in [4.78, 5) is 37.2. The summed E-state index contributed by atoms with van der Waals surface area (Å²) in [6.07, 6.45) is 3.13. The smallest absolute Gasteiger partial charge is 0.411 e. The molecule has 2 saturated heterocycles. The second-order valence-corrected chi connectivity index (χ2v) is 8.99. The lowest BCUT2D eigenvalue weighted by molar-refractivity contribution is -0.132. The maximum absolute atomic E-state index is 12.8. The van der Waals surface area contributed by atoms with Crippen molar-refractivity contribution >= 4 is 23.0 Å². The van der Waals surface area contributed by atoms with Crippen LogP contribution in [0.25, 0.3) is 11.0 Å². The van der Waals surface area contributed by atoms with Crippen LogP contribution in [0.4, 0.5) is 4.79 Å². The van der Waals surface area contributed by atoms with Crippen LogP contribution in [-0.2, 0) is 22.4 Å². The van der Waals surface area contributed by atoms with Crippen LogP contribution in [0, 0.1) is 0 Å². The van der Waals surface area contributed by atoms with E-state index in [-0.39, 0.29) is 30.2 Å². The fourth-order valence-corrected chi connectivity index (χ4v) is 5.55. The van der Waals surface area contributed by atoms with Crippen LogP contribution in [0.2, 0.25) is 0 Å². The average Bonchev–Trinajstić information content (AvgIpc) is 3.48. The van der Waals surface area contributed by atoms with E-state index in [1.807, 2.05) is 46.2 Å². The van der Waals surface area contributed by atoms with E-state index in [0.29, 0.717) is 25.9 Å². The highest BCUT2D eigenvalue weighted by atomic mass is 16.6. The number of hydrogen-bond donors (Lipinski definition) is 1. The number of piperidine rings is 1. The number of carbonyl (C=O) groups is 2. The first-order valence-corrected chi connectivity index (χ1v) is 11.5. The Kier molecular flexibility index (Phi) is 4.63. The van der Waals surface area contributed by atoms with E-state index in [1.54, 1.807) is 0 Å². The largest absolute Gasteiger partial charge is 0.443 e. The standard InChI is InChI=1S/C25H26N4O3/c30-23(10-9-22-26-19-7-3-4-8-20(19)27-22)28-13-11-17(12-14-28)29-24-18-6-2-1-5-16(18)15-21(24)32-25(29)31/h1-8,17,21,24H,9-15H2,(H,26,27). The van der Waals surface area contributed by atoms with Gasteiger partial charge in [-0.05, 0) is 36.1 Å². The van der Waals surface area contributed by atoms with Gasteiger partial charge in [-0.25, -0.2) is 9.78 Å². The number of hydrogen-bond acceptors (Lipinski definition) is 4. The molecule has 0 radical (unpaired) electrons. The summed E-state index contributed by atoms with van der Waals surface area (Å²) in [5.41, 5.74) is 4.42. The van der Waals surface area contributed by atoms with Crippen molar-refractivity contribution in [3.05, 3.63) is 65.5 Å². The maximum atomic E-state index is 12.8. The number of benzene rings is 2. The predicted octanol–water partition coefficient (Wildman–Crippen LogP) is 3.60. The summed E-state index contributed by atoms with van der Waals surface area (Å²) in [6.45, 7) is 1.35. The topological polar surface area (TPSA) is 78.5 Å². The Morgan fingerprint density at radius 2 is 1.88 bits per heavy atom. The molecule has 0 saturated carbocycles. The van der Waals surface area contributed by atoms with Crippen LogP contribution >= 0.6 is 0 Å². The molecule has 2 amide bonds. The molecule has 1 aliphatic carbocycles. The monoisotopic (exact) mass is 430 g/mol. The van der Waals surface area contributed by atoms with Crippen LogP contribution in [0.5, 0.6) is 0 Å². The molecule has 2 fully saturated rings. The molecule has 2 atom stereocenters. The Morgan fingerprint density at radius 1 is 1.09 bits per heavy atom. The highest BCUT2D eigenvalue weighted by Gasteiger charge is 2.50. The van der Waals surface area contributed by atoms with Gasteiger partial charge in [-0.3, -0.25) is 9.69 Å². The quantitative estimate of drug-likeness (QED) is 0.686. The summed E-state index contributed by atoms with van der Waals surface area (Å²) < 4.78 is 5.72. The zero-order valence-electron chi connectivity index (χ0n) is 17.9. The molecule has 0 spiro atoms. The van der Waals surface area contributed by atoms with Gasteiger partial charge in [0.2, 0.25) is 5.91 Å². The summed E-state index contributed by atoms with van der Waals surface area (Å²) in [7, 11) is 0. The second kappa shape index (κ2) is 7.65. The number of nitrogens with one attached hydrogen (secondary N) is 1. The molecule has 7 heteroatoms. The summed E-state index contributed by atoms with van der Waals surface area (Å²) in [5.74, 6) is 0.997. The van der Waals surface area contributed by atoms with Crippen molar-refractivity contribution in [1.82, 2.24) is 19.8 Å². The average molecular weight is 431 g/mol. The van der Waals surface area contributed by atoms with Crippen LogP contribution < -0.4 is 0 Å². The van der Waals surface area contributed by atoms with Gasteiger partial charge < -0.3 is 14.6 Å². The van der Waals surface area contributed by atoms with Gasteiger partial charge in [0.05, 0.1) is 17.1 Å². The van der Waals surface area contributed by atoms with Gasteiger partial charge in [-0.15, -0.1) is 0 Å². The zero-order valence-corrected chi connectivity index (χ0v) is 17.9. The first-order chi connectivity index (χ1) is 15.7. The van der Waals surface area contributed by atoms with Crippen LogP contribution in [0.1, 0.15) is 42.3 Å². The first-order valence-electron chi connectivity index (χ1n) is 11.5. The van der Waals surface area contributed by atoms with Gasteiger partial charge in [0, 0.05) is 38.4 Å². The predicted molar refractivity (Wildman–Crippen MR) is 119 cm³/mol. The molecule has 3 heterocycles. The fraction of sp³-hybridized carbons (Fsp3) is 0.400. The van der Waals surface area contributed by atoms with E-state index < -0.39 is 0 Å². The number of ether oxygens (including phenoxy) is 1. The first kappa shape index (κ1) is 19.3. The lowest BCUT2D eigenvalue weighted by Gasteiger charge is -2.38. The van der Waals surface area contributed by atoms with Gasteiger partial charge in [0.25, 0.3) is 0 Å². The number of H-pyrrole nitrogens is 1. The van der Waals surface area contributed by atoms with E-state index in [4.69, 9.17) is 4.74 Å². The number of carbonyl (C=O) groups excluding carboxylic acids is 2. The summed E-state index contributed by atoms with van der Waals surface area (Å²) in [6, 6.07) is 16.4. The normalized spacial score (nSPS) is 22.8. The van der Waals surface area contributed by atoms with Crippen molar-refractivity contribution in [2.75, 3.05) is 13.1 Å². The number of rotatable bonds is 4. The van der Waals surface area contributed by atoms with Gasteiger partial charge in [0.15, 0.2) is 0 Å². The molecule has 2 unspecified atom stereocenters. The van der Waals surface area contributed by atoms with Gasteiger partial charge in [-0.1, -0.05) is 36.4 Å². The number of aromatic nitrogens is 2. The highest BCUT2D eigenvalue weighted by Crippen LogP contribution is 2.44. The fourth-order valence-electron chi connectivity index (χ4n) is 5.55. The number of amides is 2. The highest BCUT2D eigenvalue weighted by molar-refractivity contribution is 5.78. The van der Waals surface area contributed by atoms with Gasteiger partial charge in [-0.2, -0.15) is 0 Å². The Balaban J connectivity index is 1.07. The van der Waals surface area contributed by atoms with Gasteiger partial charge >= 0.3 is 6.09 Å². The minimum atomic E-state index is -0.204. The second-order valence-electron chi connectivity index (χ2n) is 8.99.